The molecule has 19 heavy (non-hydrogen) atoms. The van der Waals surface area contributed by atoms with Crippen LogP contribution in [-0.2, 0) is 4.79 Å². The van der Waals surface area contributed by atoms with E-state index in [0.29, 0.717) is 35.6 Å². The standard InChI is InChI=1S/C12H13N5O2/c13-9-8-11(15-5-14-9)17-10(16-8)6-3-1-2-4-7(6)12(18)19/h1-2,5-7H,3-4H2,(H,18,19)(H3,13,14,15,16,17). The highest BCUT2D eigenvalue weighted by atomic mass is 16.4. The molecule has 0 saturated carbocycles. The van der Waals surface area contributed by atoms with Crippen LogP contribution in [0.3, 0.4) is 0 Å². The van der Waals surface area contributed by atoms with Crippen LogP contribution in [-0.4, -0.2) is 31.0 Å². The van der Waals surface area contributed by atoms with Crippen molar-refractivity contribution < 1.29 is 9.90 Å². The Kier molecular flexibility index (Phi) is 2.66. The Bertz CT molecular complexity index is 663. The minimum absolute atomic E-state index is 0.184. The van der Waals surface area contributed by atoms with E-state index < -0.39 is 11.9 Å². The van der Waals surface area contributed by atoms with Crippen molar-refractivity contribution in [3.63, 3.8) is 0 Å². The number of nitrogens with one attached hydrogen (secondary N) is 1. The van der Waals surface area contributed by atoms with Crippen LogP contribution >= 0.6 is 0 Å². The van der Waals surface area contributed by atoms with Crippen molar-refractivity contribution in [1.82, 2.24) is 19.9 Å². The molecule has 0 spiro atoms. The lowest BCUT2D eigenvalue weighted by Gasteiger charge is -2.23. The van der Waals surface area contributed by atoms with Crippen LogP contribution in [0.25, 0.3) is 11.2 Å². The van der Waals surface area contributed by atoms with Gasteiger partial charge in [0.2, 0.25) is 0 Å². The second-order valence-electron chi connectivity index (χ2n) is 4.57. The molecular formula is C12H13N5O2. The second-order valence-corrected chi connectivity index (χ2v) is 4.57. The largest absolute Gasteiger partial charge is 0.481 e. The number of aliphatic carboxylic acids is 1. The van der Waals surface area contributed by atoms with Crippen molar-refractivity contribution in [2.24, 2.45) is 5.92 Å². The van der Waals surface area contributed by atoms with Gasteiger partial charge in [0.15, 0.2) is 11.5 Å². The summed E-state index contributed by atoms with van der Waals surface area (Å²) in [5.41, 5.74) is 6.78. The zero-order valence-corrected chi connectivity index (χ0v) is 10.1. The molecule has 2 atom stereocenters. The minimum Gasteiger partial charge on any atom is -0.481 e. The zero-order valence-electron chi connectivity index (χ0n) is 10.1. The number of nitrogen functional groups attached to an aromatic ring is 1. The molecule has 0 aliphatic heterocycles. The fourth-order valence-electron chi connectivity index (χ4n) is 2.43. The molecule has 7 nitrogen and oxygen atoms in total. The molecular weight excluding hydrogens is 246 g/mol. The van der Waals surface area contributed by atoms with Gasteiger partial charge < -0.3 is 15.8 Å². The summed E-state index contributed by atoms with van der Waals surface area (Å²) in [4.78, 5) is 26.6. The molecule has 3 rings (SSSR count). The van der Waals surface area contributed by atoms with Crippen LogP contribution in [0.5, 0.6) is 0 Å². The summed E-state index contributed by atoms with van der Waals surface area (Å²) in [5, 5.41) is 9.27. The average Bonchev–Trinajstić information content (AvgIpc) is 2.84. The van der Waals surface area contributed by atoms with E-state index in [1.807, 2.05) is 12.2 Å². The number of aromatic nitrogens is 4. The molecule has 0 aromatic carbocycles. The van der Waals surface area contributed by atoms with Crippen LogP contribution in [0.15, 0.2) is 18.5 Å². The predicted octanol–water partition coefficient (Wildman–Crippen LogP) is 1.07. The molecule has 0 radical (unpaired) electrons. The van der Waals surface area contributed by atoms with Crippen molar-refractivity contribution in [2.45, 2.75) is 18.8 Å². The number of nitrogens with zero attached hydrogens (tertiary/aromatic N) is 3. The number of allylic oxidation sites excluding steroid dienone is 2. The third kappa shape index (κ3) is 1.92. The molecule has 7 heteroatoms. The van der Waals surface area contributed by atoms with E-state index in [9.17, 15) is 9.90 Å². The first-order chi connectivity index (χ1) is 9.16. The maximum Gasteiger partial charge on any atom is 0.307 e. The Morgan fingerprint density at radius 1 is 1.37 bits per heavy atom. The van der Waals surface area contributed by atoms with Crippen LogP contribution in [0, 0.1) is 5.92 Å². The first kappa shape index (κ1) is 11.6. The van der Waals surface area contributed by atoms with Gasteiger partial charge in [-0.2, -0.15) is 0 Å². The van der Waals surface area contributed by atoms with E-state index in [0.717, 1.165) is 0 Å². The highest BCUT2D eigenvalue weighted by Crippen LogP contribution is 2.34. The number of aromatic amines is 1. The molecule has 4 N–H and O–H groups in total. The molecule has 98 valence electrons. The maximum absolute atomic E-state index is 11.3. The van der Waals surface area contributed by atoms with Gasteiger partial charge in [-0.1, -0.05) is 12.2 Å². The zero-order chi connectivity index (χ0) is 13.4. The summed E-state index contributed by atoms with van der Waals surface area (Å²) in [7, 11) is 0. The molecule has 2 aromatic heterocycles. The van der Waals surface area contributed by atoms with Crippen molar-refractivity contribution in [3.8, 4) is 0 Å². The predicted molar refractivity (Wildman–Crippen MR) is 68.3 cm³/mol. The average molecular weight is 259 g/mol. The first-order valence-electron chi connectivity index (χ1n) is 6.00. The summed E-state index contributed by atoms with van der Waals surface area (Å²) in [6.07, 6.45) is 6.37. The Balaban J connectivity index is 2.05. The first-order valence-corrected chi connectivity index (χ1v) is 6.00. The van der Waals surface area contributed by atoms with Gasteiger partial charge in [0, 0.05) is 5.92 Å². The number of nitrogens with two attached hydrogens (primary N) is 1. The van der Waals surface area contributed by atoms with Crippen LogP contribution in [0.4, 0.5) is 5.82 Å². The van der Waals surface area contributed by atoms with Gasteiger partial charge in [0.1, 0.15) is 17.7 Å². The Labute approximate surface area is 108 Å². The summed E-state index contributed by atoms with van der Waals surface area (Å²) >= 11 is 0. The highest BCUT2D eigenvalue weighted by molar-refractivity contribution is 5.81. The summed E-state index contributed by atoms with van der Waals surface area (Å²) in [5.74, 6) is -0.536. The monoisotopic (exact) mass is 259 g/mol. The maximum atomic E-state index is 11.3. The fourth-order valence-corrected chi connectivity index (χ4v) is 2.43. The van der Waals surface area contributed by atoms with E-state index in [1.54, 1.807) is 0 Å². The molecule has 1 aliphatic carbocycles. The number of carboxylic acid groups (broad SMARTS) is 1. The van der Waals surface area contributed by atoms with Crippen molar-refractivity contribution >= 4 is 23.0 Å². The van der Waals surface area contributed by atoms with Gasteiger partial charge in [-0.25, -0.2) is 15.0 Å². The molecule has 0 fully saturated rings. The lowest BCUT2D eigenvalue weighted by atomic mass is 9.82. The summed E-state index contributed by atoms with van der Waals surface area (Å²) in [6.45, 7) is 0. The van der Waals surface area contributed by atoms with Gasteiger partial charge in [-0.05, 0) is 12.8 Å². The normalized spacial score (nSPS) is 22.7. The van der Waals surface area contributed by atoms with E-state index >= 15 is 0 Å². The summed E-state index contributed by atoms with van der Waals surface area (Å²) in [6, 6.07) is 0. The molecule has 2 unspecified atom stereocenters. The van der Waals surface area contributed by atoms with Crippen molar-refractivity contribution in [3.05, 3.63) is 24.3 Å². The van der Waals surface area contributed by atoms with Crippen molar-refractivity contribution in [2.75, 3.05) is 5.73 Å². The lowest BCUT2D eigenvalue weighted by molar-refractivity contribution is -0.142. The van der Waals surface area contributed by atoms with Gasteiger partial charge in [0.05, 0.1) is 5.92 Å². The number of anilines is 1. The highest BCUT2D eigenvalue weighted by Gasteiger charge is 2.32. The van der Waals surface area contributed by atoms with Crippen LogP contribution in [0.2, 0.25) is 0 Å². The molecule has 2 aromatic rings. The number of fused-ring (bicyclic) bond motifs is 1. The van der Waals surface area contributed by atoms with Gasteiger partial charge in [0.25, 0.3) is 0 Å². The van der Waals surface area contributed by atoms with E-state index in [4.69, 9.17) is 5.73 Å². The molecule has 1 aliphatic rings. The number of H-pyrrole nitrogens is 1. The van der Waals surface area contributed by atoms with Gasteiger partial charge in [-0.3, -0.25) is 4.79 Å². The van der Waals surface area contributed by atoms with E-state index in [-0.39, 0.29) is 5.92 Å². The van der Waals surface area contributed by atoms with Gasteiger partial charge in [-0.15, -0.1) is 0 Å². The lowest BCUT2D eigenvalue weighted by Crippen LogP contribution is -2.24. The Morgan fingerprint density at radius 3 is 2.89 bits per heavy atom. The topological polar surface area (TPSA) is 118 Å². The SMILES string of the molecule is Nc1ncnc2nc(C3CC=CCC3C(=O)O)[nH]c12. The van der Waals surface area contributed by atoms with Gasteiger partial charge >= 0.3 is 5.97 Å². The fraction of sp³-hybridized carbons (Fsp3) is 0.333. The molecule has 0 bridgehead atoms. The van der Waals surface area contributed by atoms with E-state index in [2.05, 4.69) is 19.9 Å². The molecule has 2 heterocycles. The molecule has 0 amide bonds. The third-order valence-corrected chi connectivity index (χ3v) is 3.44. The summed E-state index contributed by atoms with van der Waals surface area (Å²) < 4.78 is 0. The Morgan fingerprint density at radius 2 is 2.16 bits per heavy atom. The second kappa shape index (κ2) is 4.34. The van der Waals surface area contributed by atoms with E-state index in [1.165, 1.54) is 6.33 Å². The third-order valence-electron chi connectivity index (χ3n) is 3.44. The Hall–Kier alpha value is -2.44. The molecule has 0 saturated heterocycles. The minimum atomic E-state index is -0.811. The smallest absolute Gasteiger partial charge is 0.307 e. The number of carbonyl (C=O) groups is 1. The van der Waals surface area contributed by atoms with Crippen LogP contribution in [0.1, 0.15) is 24.6 Å². The number of rotatable bonds is 2. The number of carboxylic acids is 1. The van der Waals surface area contributed by atoms with Crippen molar-refractivity contribution in [1.29, 1.82) is 0 Å². The quantitative estimate of drug-likeness (QED) is 0.694. The van der Waals surface area contributed by atoms with Crippen LogP contribution < -0.4 is 5.73 Å². The number of imidazole rings is 1. The number of hydrogen-bond acceptors (Lipinski definition) is 5. The number of hydrogen-bond donors (Lipinski definition) is 3.